The Balaban J connectivity index is 1.71. The summed E-state index contributed by atoms with van der Waals surface area (Å²) in [7, 11) is 0. The largest absolute Gasteiger partial charge is 0.444 e. The van der Waals surface area contributed by atoms with Crippen LogP contribution in [-0.4, -0.2) is 78.3 Å². The van der Waals surface area contributed by atoms with E-state index in [0.29, 0.717) is 48.6 Å². The monoisotopic (exact) mass is 490 g/mol. The molecule has 12 heteroatoms. The molecule has 2 aliphatic rings. The maximum atomic E-state index is 14.1. The second kappa shape index (κ2) is 8.95. The third kappa shape index (κ3) is 4.49. The summed E-state index contributed by atoms with van der Waals surface area (Å²) in [6.07, 6.45) is 2.55. The van der Waals surface area contributed by atoms with Crippen LogP contribution in [0.3, 0.4) is 0 Å². The van der Waals surface area contributed by atoms with Gasteiger partial charge in [0.15, 0.2) is 12.1 Å². The Morgan fingerprint density at radius 3 is 2.62 bits per heavy atom. The molecule has 34 heavy (non-hydrogen) atoms. The molecule has 2 unspecified atom stereocenters. The third-order valence-electron chi connectivity index (χ3n) is 6.42. The summed E-state index contributed by atoms with van der Waals surface area (Å²) < 4.78 is 6.79. The number of halogens is 1. The van der Waals surface area contributed by atoms with Gasteiger partial charge in [0.25, 0.3) is 5.91 Å². The van der Waals surface area contributed by atoms with E-state index in [1.807, 2.05) is 0 Å². The van der Waals surface area contributed by atoms with Gasteiger partial charge >= 0.3 is 12.0 Å². The van der Waals surface area contributed by atoms with Crippen molar-refractivity contribution >= 4 is 29.5 Å². The molecule has 2 aromatic rings. The van der Waals surface area contributed by atoms with Gasteiger partial charge in [0.2, 0.25) is 0 Å². The number of primary amides is 1. The molecule has 0 spiro atoms. The van der Waals surface area contributed by atoms with Gasteiger partial charge in [-0.25, -0.2) is 18.8 Å². The Labute approximate surface area is 202 Å². The molecule has 0 radical (unpaired) electrons. The van der Waals surface area contributed by atoms with Crippen molar-refractivity contribution in [1.29, 1.82) is 0 Å². The summed E-state index contributed by atoms with van der Waals surface area (Å²) in [4.78, 5) is 40.7. The Kier molecular flexibility index (Phi) is 6.34. The van der Waals surface area contributed by atoms with Gasteiger partial charge in [0, 0.05) is 30.0 Å². The molecule has 0 aliphatic carbocycles. The number of carbonyl (C=O) groups is 3. The zero-order valence-corrected chi connectivity index (χ0v) is 20.2. The van der Waals surface area contributed by atoms with Crippen molar-refractivity contribution in [2.45, 2.75) is 64.3 Å². The van der Waals surface area contributed by atoms with E-state index < -0.39 is 29.7 Å². The number of quaternary nitrogens is 1. The maximum absolute atomic E-state index is 14.1. The summed E-state index contributed by atoms with van der Waals surface area (Å²) in [6, 6.07) is 3.81. The number of aromatic nitrogens is 4. The number of hydrogen-bond donors (Lipinski definition) is 1. The van der Waals surface area contributed by atoms with Gasteiger partial charge in [0.1, 0.15) is 18.5 Å². The molecule has 2 aliphatic heterocycles. The van der Waals surface area contributed by atoms with E-state index in [-0.39, 0.29) is 16.9 Å². The van der Waals surface area contributed by atoms with Crippen LogP contribution in [0.5, 0.6) is 0 Å². The van der Waals surface area contributed by atoms with Crippen LogP contribution >= 0.6 is 11.6 Å². The van der Waals surface area contributed by atoms with Gasteiger partial charge in [-0.1, -0.05) is 11.6 Å². The second-order valence-corrected chi connectivity index (χ2v) is 10.3. The lowest BCUT2D eigenvalue weighted by molar-refractivity contribution is -0.872. The molecule has 3 atom stereocenters. The highest BCUT2D eigenvalue weighted by Crippen LogP contribution is 2.37. The van der Waals surface area contributed by atoms with E-state index in [2.05, 4.69) is 15.5 Å². The zero-order chi connectivity index (χ0) is 24.7. The second-order valence-electron chi connectivity index (χ2n) is 9.82. The summed E-state index contributed by atoms with van der Waals surface area (Å²) in [6.45, 7) is 6.34. The maximum Gasteiger partial charge on any atom is 0.411 e. The molecule has 3 amide bonds. The van der Waals surface area contributed by atoms with Crippen LogP contribution < -0.4 is 5.73 Å². The fourth-order valence-corrected chi connectivity index (χ4v) is 5.04. The summed E-state index contributed by atoms with van der Waals surface area (Å²) in [5, 5.41) is 11.8. The average Bonchev–Trinajstić information content (AvgIpc) is 3.36. The molecule has 0 saturated carbocycles. The molecule has 1 aromatic heterocycles. The summed E-state index contributed by atoms with van der Waals surface area (Å²) >= 11 is 6.30. The van der Waals surface area contributed by atoms with Gasteiger partial charge in [-0.05, 0) is 55.8 Å². The minimum atomic E-state index is -0.714. The minimum Gasteiger partial charge on any atom is -0.444 e. The van der Waals surface area contributed by atoms with Crippen molar-refractivity contribution in [2.24, 2.45) is 5.73 Å². The first-order chi connectivity index (χ1) is 16.0. The van der Waals surface area contributed by atoms with Crippen LogP contribution in [0.2, 0.25) is 5.02 Å². The van der Waals surface area contributed by atoms with Crippen molar-refractivity contribution in [3.63, 3.8) is 0 Å². The van der Waals surface area contributed by atoms with E-state index in [1.54, 1.807) is 39.0 Å². The number of benzene rings is 1. The van der Waals surface area contributed by atoms with Crippen LogP contribution in [0.1, 0.15) is 45.6 Å². The van der Waals surface area contributed by atoms with Crippen molar-refractivity contribution in [1.82, 2.24) is 25.1 Å². The smallest absolute Gasteiger partial charge is 0.411 e. The minimum absolute atomic E-state index is 0.168. The SMILES string of the molecule is CC(C)(C)OC(=O)N1CCC1C(=O)[N+]1(Cc2cc(Cl)ccc2-n2cnnn2)CCC[C@H]1C(N)=O. The van der Waals surface area contributed by atoms with E-state index in [9.17, 15) is 14.4 Å². The fourth-order valence-electron chi connectivity index (χ4n) is 4.85. The molecule has 1 aromatic carbocycles. The molecular formula is C22H29ClN7O4+. The summed E-state index contributed by atoms with van der Waals surface area (Å²) in [5.41, 5.74) is 6.45. The Bertz CT molecular complexity index is 1100. The first-order valence-corrected chi connectivity index (χ1v) is 11.6. The van der Waals surface area contributed by atoms with Crippen LogP contribution in [0.4, 0.5) is 4.79 Å². The molecule has 3 heterocycles. The van der Waals surface area contributed by atoms with Gasteiger partial charge < -0.3 is 10.5 Å². The van der Waals surface area contributed by atoms with Gasteiger partial charge in [-0.2, -0.15) is 0 Å². The Morgan fingerprint density at radius 1 is 1.26 bits per heavy atom. The topological polar surface area (TPSA) is 133 Å². The molecule has 2 fully saturated rings. The predicted octanol–water partition coefficient (Wildman–Crippen LogP) is 1.82. The highest BCUT2D eigenvalue weighted by Gasteiger charge is 2.57. The zero-order valence-electron chi connectivity index (χ0n) is 19.5. The molecule has 2 saturated heterocycles. The van der Waals surface area contributed by atoms with Crippen LogP contribution in [-0.2, 0) is 20.9 Å². The standard InChI is InChI=1S/C22H28ClN7O4/c1-22(2,3)34-21(33)28-9-8-17(28)20(32)30(10-4-5-18(30)19(24)31)12-14-11-15(23)6-7-16(14)29-13-25-26-27-29/h6-7,11,13,17-18H,4-5,8-10,12H2,1-3H3,(H-,24,31)/p+1/t17?,18-,30?/m0/s1. The lowest BCUT2D eigenvalue weighted by Crippen LogP contribution is -2.68. The van der Waals surface area contributed by atoms with Crippen LogP contribution in [0.25, 0.3) is 5.69 Å². The number of hydrogen-bond acceptors (Lipinski definition) is 7. The molecule has 11 nitrogen and oxygen atoms in total. The van der Waals surface area contributed by atoms with Crippen molar-refractivity contribution in [3.05, 3.63) is 35.1 Å². The Morgan fingerprint density at radius 2 is 2.03 bits per heavy atom. The van der Waals surface area contributed by atoms with E-state index in [0.717, 1.165) is 0 Å². The normalized spacial score (nSPS) is 24.5. The predicted molar refractivity (Wildman–Crippen MR) is 122 cm³/mol. The number of nitrogens with two attached hydrogens (primary N) is 1. The molecule has 182 valence electrons. The van der Waals surface area contributed by atoms with Gasteiger partial charge in [0.05, 0.1) is 12.2 Å². The van der Waals surface area contributed by atoms with Crippen LogP contribution in [0.15, 0.2) is 24.5 Å². The number of amides is 3. The Hall–Kier alpha value is -3.05. The number of nitrogens with zero attached hydrogens (tertiary/aromatic N) is 6. The first-order valence-electron chi connectivity index (χ1n) is 11.2. The number of tetrazole rings is 1. The van der Waals surface area contributed by atoms with Crippen molar-refractivity contribution < 1.29 is 23.6 Å². The van der Waals surface area contributed by atoms with Crippen molar-refractivity contribution in [2.75, 3.05) is 13.1 Å². The van der Waals surface area contributed by atoms with E-state index in [1.165, 1.54) is 15.9 Å². The lowest BCUT2D eigenvalue weighted by Gasteiger charge is -2.45. The third-order valence-corrected chi connectivity index (χ3v) is 6.66. The number of likely N-dealkylation sites (tertiary alicyclic amines) is 2. The number of carbonyl (C=O) groups excluding carboxylic acids is 3. The van der Waals surface area contributed by atoms with E-state index in [4.69, 9.17) is 22.1 Å². The lowest BCUT2D eigenvalue weighted by atomic mass is 9.98. The fraction of sp³-hybridized carbons (Fsp3) is 0.545. The van der Waals surface area contributed by atoms with Crippen LogP contribution in [0, 0.1) is 0 Å². The summed E-state index contributed by atoms with van der Waals surface area (Å²) in [5.74, 6) is -0.763. The average molecular weight is 491 g/mol. The van der Waals surface area contributed by atoms with E-state index >= 15 is 0 Å². The quantitative estimate of drug-likeness (QED) is 0.632. The first kappa shape index (κ1) is 24.1. The number of ether oxygens (including phenoxy) is 1. The molecular weight excluding hydrogens is 462 g/mol. The molecule has 2 N–H and O–H groups in total. The highest BCUT2D eigenvalue weighted by molar-refractivity contribution is 6.30. The molecule has 0 bridgehead atoms. The van der Waals surface area contributed by atoms with Gasteiger partial charge in [-0.3, -0.25) is 9.69 Å². The number of rotatable bonds is 5. The van der Waals surface area contributed by atoms with Gasteiger partial charge in [-0.15, -0.1) is 5.10 Å². The highest BCUT2D eigenvalue weighted by atomic mass is 35.5. The van der Waals surface area contributed by atoms with Crippen molar-refractivity contribution in [3.8, 4) is 5.69 Å². The molecule has 4 rings (SSSR count).